The normalized spacial score (nSPS) is 20.0. The van der Waals surface area contributed by atoms with Crippen molar-refractivity contribution >= 4 is 11.7 Å². The SMILES string of the molecule is N=C(N)c1ccc(CNC(=O)c2ccc3c(c2)C2C[C@H]3c3ccc(C4CC4)cc32)c(F)c1. The summed E-state index contributed by atoms with van der Waals surface area (Å²) in [6, 6.07) is 17.4. The molecule has 0 heterocycles. The zero-order valence-corrected chi connectivity index (χ0v) is 17.6. The Kier molecular flexibility index (Phi) is 4.22. The second-order valence-corrected chi connectivity index (χ2v) is 9.25. The van der Waals surface area contributed by atoms with E-state index in [0.717, 1.165) is 12.3 Å². The highest BCUT2D eigenvalue weighted by Gasteiger charge is 2.42. The summed E-state index contributed by atoms with van der Waals surface area (Å²) in [5, 5.41) is 10.2. The van der Waals surface area contributed by atoms with Gasteiger partial charge < -0.3 is 11.1 Å². The van der Waals surface area contributed by atoms with Crippen LogP contribution in [0, 0.1) is 11.2 Å². The summed E-state index contributed by atoms with van der Waals surface area (Å²) in [5.41, 5.74) is 13.7. The van der Waals surface area contributed by atoms with E-state index in [9.17, 15) is 9.18 Å². The Morgan fingerprint density at radius 1 is 0.938 bits per heavy atom. The van der Waals surface area contributed by atoms with Gasteiger partial charge >= 0.3 is 0 Å². The van der Waals surface area contributed by atoms with Crippen molar-refractivity contribution in [2.24, 2.45) is 5.73 Å². The fourth-order valence-electron chi connectivity index (χ4n) is 5.43. The molecule has 1 amide bonds. The van der Waals surface area contributed by atoms with Crippen molar-refractivity contribution in [1.29, 1.82) is 5.41 Å². The number of hydrogen-bond acceptors (Lipinski definition) is 2. The number of fused-ring (bicyclic) bond motifs is 8. The molecule has 3 aromatic carbocycles. The zero-order chi connectivity index (χ0) is 22.0. The Morgan fingerprint density at radius 3 is 2.34 bits per heavy atom. The van der Waals surface area contributed by atoms with Crippen LogP contribution in [0.2, 0.25) is 0 Å². The summed E-state index contributed by atoms with van der Waals surface area (Å²) in [6.45, 7) is 0.0829. The van der Waals surface area contributed by atoms with Gasteiger partial charge in [0.2, 0.25) is 0 Å². The molecule has 0 saturated heterocycles. The molecule has 1 unspecified atom stereocenters. The van der Waals surface area contributed by atoms with Gasteiger partial charge in [-0.3, -0.25) is 10.2 Å². The van der Waals surface area contributed by atoms with E-state index in [1.54, 1.807) is 12.1 Å². The average Bonchev–Trinajstić information content (AvgIpc) is 3.50. The van der Waals surface area contributed by atoms with Gasteiger partial charge in [0.05, 0.1) is 0 Å². The number of rotatable bonds is 5. The lowest BCUT2D eigenvalue weighted by atomic mass is 9.84. The van der Waals surface area contributed by atoms with E-state index >= 15 is 0 Å². The van der Waals surface area contributed by atoms with Crippen molar-refractivity contribution in [2.75, 3.05) is 0 Å². The summed E-state index contributed by atoms with van der Waals surface area (Å²) in [4.78, 5) is 12.8. The van der Waals surface area contributed by atoms with Gasteiger partial charge in [0.15, 0.2) is 0 Å². The second kappa shape index (κ2) is 7.02. The number of benzene rings is 3. The molecule has 6 rings (SSSR count). The lowest BCUT2D eigenvalue weighted by molar-refractivity contribution is 0.0950. The highest BCUT2D eigenvalue weighted by molar-refractivity contribution is 5.95. The maximum atomic E-state index is 14.3. The maximum Gasteiger partial charge on any atom is 0.251 e. The Bertz CT molecular complexity index is 1290. The van der Waals surface area contributed by atoms with Gasteiger partial charge in [-0.05, 0) is 71.2 Å². The first kappa shape index (κ1) is 19.2. The largest absolute Gasteiger partial charge is 0.384 e. The molecular formula is C27H24FN3O. The fourth-order valence-corrected chi connectivity index (χ4v) is 5.43. The Hall–Kier alpha value is -3.47. The average molecular weight is 426 g/mol. The van der Waals surface area contributed by atoms with Gasteiger partial charge in [0.25, 0.3) is 5.91 Å². The van der Waals surface area contributed by atoms with Crippen molar-refractivity contribution in [3.63, 3.8) is 0 Å². The van der Waals surface area contributed by atoms with E-state index in [1.165, 1.54) is 46.7 Å². The number of carbonyl (C=O) groups excluding carboxylic acids is 1. The zero-order valence-electron chi connectivity index (χ0n) is 17.6. The van der Waals surface area contributed by atoms with Crippen LogP contribution in [0.1, 0.15) is 86.3 Å². The number of nitrogens with one attached hydrogen (secondary N) is 2. The molecule has 32 heavy (non-hydrogen) atoms. The first-order chi connectivity index (χ1) is 15.5. The number of carbonyl (C=O) groups is 1. The second-order valence-electron chi connectivity index (χ2n) is 9.25. The molecule has 2 bridgehead atoms. The number of nitrogen functional groups attached to an aromatic ring is 1. The first-order valence-corrected chi connectivity index (χ1v) is 11.2. The third-order valence-corrected chi connectivity index (χ3v) is 7.29. The highest BCUT2D eigenvalue weighted by atomic mass is 19.1. The molecule has 160 valence electrons. The van der Waals surface area contributed by atoms with Crippen molar-refractivity contribution in [1.82, 2.24) is 5.32 Å². The van der Waals surface area contributed by atoms with Gasteiger partial charge in [-0.15, -0.1) is 0 Å². The Balaban J connectivity index is 1.21. The van der Waals surface area contributed by atoms with E-state index in [-0.39, 0.29) is 18.3 Å². The molecule has 1 saturated carbocycles. The first-order valence-electron chi connectivity index (χ1n) is 11.2. The van der Waals surface area contributed by atoms with E-state index < -0.39 is 5.82 Å². The minimum absolute atomic E-state index is 0.0829. The summed E-state index contributed by atoms with van der Waals surface area (Å²) < 4.78 is 14.3. The monoisotopic (exact) mass is 425 g/mol. The maximum absolute atomic E-state index is 14.3. The van der Waals surface area contributed by atoms with Crippen LogP contribution in [0.25, 0.3) is 0 Å². The molecular weight excluding hydrogens is 401 g/mol. The van der Waals surface area contributed by atoms with Crippen LogP contribution in [-0.2, 0) is 6.54 Å². The van der Waals surface area contributed by atoms with Crippen molar-refractivity contribution < 1.29 is 9.18 Å². The fraction of sp³-hybridized carbons (Fsp3) is 0.259. The van der Waals surface area contributed by atoms with Gasteiger partial charge in [-0.2, -0.15) is 0 Å². The van der Waals surface area contributed by atoms with Crippen LogP contribution < -0.4 is 11.1 Å². The van der Waals surface area contributed by atoms with E-state index in [1.807, 2.05) is 12.1 Å². The third-order valence-electron chi connectivity index (χ3n) is 7.29. The smallest absolute Gasteiger partial charge is 0.251 e. The van der Waals surface area contributed by atoms with Gasteiger partial charge in [0.1, 0.15) is 11.7 Å². The van der Waals surface area contributed by atoms with E-state index in [0.29, 0.717) is 28.5 Å². The molecule has 5 heteroatoms. The molecule has 3 aliphatic rings. The molecule has 4 N–H and O–H groups in total. The third kappa shape index (κ3) is 3.03. The van der Waals surface area contributed by atoms with Crippen molar-refractivity contribution in [3.05, 3.63) is 105 Å². The predicted octanol–water partition coefficient (Wildman–Crippen LogP) is 4.90. The summed E-state index contributed by atoms with van der Waals surface area (Å²) in [7, 11) is 0. The topological polar surface area (TPSA) is 79.0 Å². The van der Waals surface area contributed by atoms with Crippen LogP contribution in [0.3, 0.4) is 0 Å². The standard InChI is InChI=1S/C27H24FN3O/c28-25-11-16(26(29)30)3-4-18(25)13-31-27(32)17-6-8-20-22(10-17)24-12-23(20)19-7-5-15(9-21(19)24)14-1-2-14/h3-11,14,23-24H,1-2,12-13H2,(H3,29,30)(H,31,32)/t23-,24?/m0/s1. The van der Waals surface area contributed by atoms with E-state index in [4.69, 9.17) is 11.1 Å². The quantitative estimate of drug-likeness (QED) is 0.402. The molecule has 1 fully saturated rings. The molecule has 3 aromatic rings. The molecule has 3 aliphatic carbocycles. The molecule has 0 spiro atoms. The number of nitrogens with two attached hydrogens (primary N) is 1. The van der Waals surface area contributed by atoms with Gasteiger partial charge in [-0.1, -0.05) is 36.4 Å². The van der Waals surface area contributed by atoms with Crippen LogP contribution in [0.15, 0.2) is 54.6 Å². The summed E-state index contributed by atoms with van der Waals surface area (Å²) in [6.07, 6.45) is 3.69. The highest BCUT2D eigenvalue weighted by Crippen LogP contribution is 2.57. The molecule has 0 aliphatic heterocycles. The minimum Gasteiger partial charge on any atom is -0.384 e. The molecule has 2 atom stereocenters. The number of hydrogen-bond donors (Lipinski definition) is 3. The van der Waals surface area contributed by atoms with Crippen LogP contribution in [0.5, 0.6) is 0 Å². The Labute approximate surface area is 186 Å². The van der Waals surface area contributed by atoms with E-state index in [2.05, 4.69) is 29.6 Å². The minimum atomic E-state index is -0.479. The van der Waals surface area contributed by atoms with Crippen molar-refractivity contribution in [2.45, 2.75) is 43.6 Å². The predicted molar refractivity (Wildman–Crippen MR) is 122 cm³/mol. The van der Waals surface area contributed by atoms with Gasteiger partial charge in [-0.25, -0.2) is 4.39 Å². The lowest BCUT2D eigenvalue weighted by Gasteiger charge is -2.21. The number of halogens is 1. The number of amidine groups is 1. The molecule has 0 aromatic heterocycles. The molecule has 4 nitrogen and oxygen atoms in total. The van der Waals surface area contributed by atoms with Crippen LogP contribution in [-0.4, -0.2) is 11.7 Å². The Morgan fingerprint density at radius 2 is 1.62 bits per heavy atom. The summed E-state index contributed by atoms with van der Waals surface area (Å²) in [5.74, 6) is 0.667. The summed E-state index contributed by atoms with van der Waals surface area (Å²) >= 11 is 0. The lowest BCUT2D eigenvalue weighted by Crippen LogP contribution is -2.24. The van der Waals surface area contributed by atoms with Crippen LogP contribution >= 0.6 is 0 Å². The number of amides is 1. The molecule has 0 radical (unpaired) electrons. The van der Waals surface area contributed by atoms with Crippen LogP contribution in [0.4, 0.5) is 4.39 Å². The van der Waals surface area contributed by atoms with Crippen molar-refractivity contribution in [3.8, 4) is 0 Å². The van der Waals surface area contributed by atoms with Gasteiger partial charge in [0, 0.05) is 35.1 Å².